The third kappa shape index (κ3) is 2.93. The van der Waals surface area contributed by atoms with E-state index in [-0.39, 0.29) is 0 Å². The molecular formula is C17H20O3S. The molecule has 4 heteroatoms. The van der Waals surface area contributed by atoms with Crippen molar-refractivity contribution < 1.29 is 14.2 Å². The molecule has 0 aliphatic heterocycles. The Hall–Kier alpha value is -1.49. The van der Waals surface area contributed by atoms with Crippen molar-refractivity contribution in [3.05, 3.63) is 59.7 Å². The lowest BCUT2D eigenvalue weighted by Crippen LogP contribution is -2.32. The molecule has 3 nitrogen and oxygen atoms in total. The number of thioether (sulfide) groups is 1. The van der Waals surface area contributed by atoms with Gasteiger partial charge in [0.15, 0.2) is 0 Å². The van der Waals surface area contributed by atoms with Crippen LogP contribution in [0.15, 0.2) is 53.4 Å². The van der Waals surface area contributed by atoms with Crippen molar-refractivity contribution in [1.82, 2.24) is 0 Å². The fraction of sp³-hybridized carbons (Fsp3) is 0.294. The van der Waals surface area contributed by atoms with Crippen LogP contribution in [-0.2, 0) is 15.3 Å². The second-order valence-corrected chi connectivity index (χ2v) is 5.33. The number of hydrogen-bond acceptors (Lipinski definition) is 4. The van der Waals surface area contributed by atoms with Crippen LogP contribution in [0.3, 0.4) is 0 Å². The van der Waals surface area contributed by atoms with Crippen molar-refractivity contribution in [1.29, 1.82) is 0 Å². The Kier molecular flexibility index (Phi) is 5.28. The van der Waals surface area contributed by atoms with Crippen molar-refractivity contribution >= 4 is 11.8 Å². The second-order valence-electron chi connectivity index (χ2n) is 4.45. The zero-order valence-electron chi connectivity index (χ0n) is 12.8. The number of ether oxygens (including phenoxy) is 3. The lowest BCUT2D eigenvalue weighted by Gasteiger charge is -2.32. The largest absolute Gasteiger partial charge is 0.496 e. The second kappa shape index (κ2) is 6.98. The molecule has 2 aromatic carbocycles. The molecule has 2 rings (SSSR count). The minimum Gasteiger partial charge on any atom is -0.496 e. The highest BCUT2D eigenvalue weighted by atomic mass is 32.2. The van der Waals surface area contributed by atoms with Gasteiger partial charge in [0.05, 0.1) is 12.7 Å². The zero-order valence-corrected chi connectivity index (χ0v) is 13.6. The van der Waals surface area contributed by atoms with E-state index in [9.17, 15) is 0 Å². The molecule has 0 radical (unpaired) electrons. The Morgan fingerprint density at radius 1 is 0.857 bits per heavy atom. The van der Waals surface area contributed by atoms with Gasteiger partial charge in [0.2, 0.25) is 5.79 Å². The molecule has 0 saturated carbocycles. The van der Waals surface area contributed by atoms with Crippen LogP contribution in [0, 0.1) is 0 Å². The van der Waals surface area contributed by atoms with Gasteiger partial charge in [-0.3, -0.25) is 0 Å². The molecule has 0 atom stereocenters. The van der Waals surface area contributed by atoms with Crippen molar-refractivity contribution in [2.75, 3.05) is 27.6 Å². The minimum absolute atomic E-state index is 0.732. The molecule has 0 amide bonds. The molecule has 0 spiro atoms. The number of benzene rings is 2. The molecule has 0 aliphatic rings. The van der Waals surface area contributed by atoms with Crippen LogP contribution in [0.5, 0.6) is 5.75 Å². The Balaban J connectivity index is 2.58. The van der Waals surface area contributed by atoms with E-state index in [0.29, 0.717) is 0 Å². The number of hydrogen-bond donors (Lipinski definition) is 0. The predicted molar refractivity (Wildman–Crippen MR) is 86.0 cm³/mol. The normalized spacial score (nSPS) is 11.4. The van der Waals surface area contributed by atoms with Crippen LogP contribution in [0.25, 0.3) is 0 Å². The fourth-order valence-electron chi connectivity index (χ4n) is 2.42. The first-order chi connectivity index (χ1) is 10.2. The van der Waals surface area contributed by atoms with E-state index in [1.165, 1.54) is 4.90 Å². The van der Waals surface area contributed by atoms with Gasteiger partial charge in [-0.1, -0.05) is 24.3 Å². The molecular weight excluding hydrogens is 284 g/mol. The van der Waals surface area contributed by atoms with E-state index < -0.39 is 5.79 Å². The zero-order chi connectivity index (χ0) is 15.3. The summed E-state index contributed by atoms with van der Waals surface area (Å²) in [6, 6.07) is 15.9. The SMILES string of the molecule is COc1ccccc1C(OC)(OC)c1ccc(SC)cc1. The quantitative estimate of drug-likeness (QED) is 0.597. The maximum atomic E-state index is 5.77. The first-order valence-corrected chi connectivity index (χ1v) is 7.82. The Labute approximate surface area is 130 Å². The van der Waals surface area contributed by atoms with Crippen LogP contribution in [0.4, 0.5) is 0 Å². The fourth-order valence-corrected chi connectivity index (χ4v) is 2.83. The molecule has 0 aromatic heterocycles. The van der Waals surface area contributed by atoms with Crippen molar-refractivity contribution in [2.24, 2.45) is 0 Å². The topological polar surface area (TPSA) is 27.7 Å². The number of para-hydroxylation sites is 1. The van der Waals surface area contributed by atoms with E-state index in [1.807, 2.05) is 36.4 Å². The standard InChI is InChI=1S/C17H20O3S/c1-18-16-8-6-5-7-15(16)17(19-2,20-3)13-9-11-14(21-4)12-10-13/h5-12H,1-4H3. The van der Waals surface area contributed by atoms with Gasteiger partial charge in [-0.2, -0.15) is 0 Å². The predicted octanol–water partition coefficient (Wildman–Crippen LogP) is 3.91. The van der Waals surface area contributed by atoms with Crippen LogP contribution >= 0.6 is 11.8 Å². The molecule has 0 N–H and O–H groups in total. The van der Waals surface area contributed by atoms with Crippen molar-refractivity contribution in [3.63, 3.8) is 0 Å². The summed E-state index contributed by atoms with van der Waals surface area (Å²) < 4.78 is 17.0. The summed E-state index contributed by atoms with van der Waals surface area (Å²) in [6.07, 6.45) is 2.05. The van der Waals surface area contributed by atoms with Gasteiger partial charge < -0.3 is 14.2 Å². The van der Waals surface area contributed by atoms with Gasteiger partial charge in [-0.15, -0.1) is 11.8 Å². The van der Waals surface area contributed by atoms with E-state index in [4.69, 9.17) is 14.2 Å². The van der Waals surface area contributed by atoms with Gasteiger partial charge in [-0.25, -0.2) is 0 Å². The Bertz CT molecular complexity index is 577. The van der Waals surface area contributed by atoms with E-state index in [2.05, 4.69) is 18.4 Å². The molecule has 0 unspecified atom stereocenters. The van der Waals surface area contributed by atoms with Crippen LogP contribution in [0.2, 0.25) is 0 Å². The molecule has 0 saturated heterocycles. The van der Waals surface area contributed by atoms with Gasteiger partial charge in [0.1, 0.15) is 5.75 Å². The van der Waals surface area contributed by atoms with E-state index >= 15 is 0 Å². The molecule has 0 heterocycles. The molecule has 0 aliphatic carbocycles. The Morgan fingerprint density at radius 2 is 1.48 bits per heavy atom. The van der Waals surface area contributed by atoms with Gasteiger partial charge in [0, 0.05) is 24.7 Å². The minimum atomic E-state index is -0.983. The average Bonchev–Trinajstić information content (AvgIpc) is 2.57. The molecule has 112 valence electrons. The lowest BCUT2D eigenvalue weighted by molar-refractivity contribution is -0.184. The van der Waals surface area contributed by atoms with Crippen molar-refractivity contribution in [2.45, 2.75) is 10.7 Å². The van der Waals surface area contributed by atoms with Gasteiger partial charge in [-0.05, 0) is 30.5 Å². The smallest absolute Gasteiger partial charge is 0.225 e. The average molecular weight is 304 g/mol. The third-order valence-corrected chi connectivity index (χ3v) is 4.25. The highest BCUT2D eigenvalue weighted by Crippen LogP contribution is 2.39. The Morgan fingerprint density at radius 3 is 2.00 bits per heavy atom. The third-order valence-electron chi connectivity index (χ3n) is 3.51. The van der Waals surface area contributed by atoms with Crippen LogP contribution in [0.1, 0.15) is 11.1 Å². The molecule has 2 aromatic rings. The lowest BCUT2D eigenvalue weighted by atomic mass is 9.96. The van der Waals surface area contributed by atoms with Gasteiger partial charge in [0.25, 0.3) is 0 Å². The summed E-state index contributed by atoms with van der Waals surface area (Å²) in [4.78, 5) is 1.19. The summed E-state index contributed by atoms with van der Waals surface area (Å²) in [6.45, 7) is 0. The first kappa shape index (κ1) is 15.9. The highest BCUT2D eigenvalue weighted by Gasteiger charge is 2.37. The summed E-state index contributed by atoms with van der Waals surface area (Å²) in [7, 11) is 4.92. The molecule has 0 bridgehead atoms. The maximum Gasteiger partial charge on any atom is 0.225 e. The van der Waals surface area contributed by atoms with Crippen LogP contribution in [-0.4, -0.2) is 27.6 Å². The molecule has 0 fully saturated rings. The number of methoxy groups -OCH3 is 3. The molecule has 21 heavy (non-hydrogen) atoms. The van der Waals surface area contributed by atoms with Crippen molar-refractivity contribution in [3.8, 4) is 5.75 Å². The summed E-state index contributed by atoms with van der Waals surface area (Å²) in [5.74, 6) is -0.251. The monoisotopic (exact) mass is 304 g/mol. The summed E-state index contributed by atoms with van der Waals surface area (Å²) in [5.41, 5.74) is 1.77. The summed E-state index contributed by atoms with van der Waals surface area (Å²) in [5, 5.41) is 0. The van der Waals surface area contributed by atoms with E-state index in [0.717, 1.165) is 16.9 Å². The van der Waals surface area contributed by atoms with Gasteiger partial charge >= 0.3 is 0 Å². The first-order valence-electron chi connectivity index (χ1n) is 6.60. The summed E-state index contributed by atoms with van der Waals surface area (Å²) >= 11 is 1.70. The maximum absolute atomic E-state index is 5.77. The van der Waals surface area contributed by atoms with Crippen LogP contribution < -0.4 is 4.74 Å². The van der Waals surface area contributed by atoms with E-state index in [1.54, 1.807) is 33.1 Å². The highest BCUT2D eigenvalue weighted by molar-refractivity contribution is 7.98. The number of rotatable bonds is 6.